The summed E-state index contributed by atoms with van der Waals surface area (Å²) in [5.41, 5.74) is 2.04. The molecule has 2 aromatic rings. The van der Waals surface area contributed by atoms with Gasteiger partial charge in [-0.25, -0.2) is 0 Å². The normalized spacial score (nSPS) is 21.3. The minimum atomic E-state index is -0.348. The summed E-state index contributed by atoms with van der Waals surface area (Å²) in [7, 11) is 0. The zero-order valence-corrected chi connectivity index (χ0v) is 18.7. The Morgan fingerprint density at radius 3 is 2.39 bits per heavy atom. The molecule has 2 aliphatic heterocycles. The van der Waals surface area contributed by atoms with Gasteiger partial charge in [0.25, 0.3) is 5.91 Å². The molecule has 2 saturated heterocycles. The monoisotopic (exact) mass is 439 g/mol. The van der Waals surface area contributed by atoms with Crippen LogP contribution in [-0.2, 0) is 16.0 Å². The van der Waals surface area contributed by atoms with E-state index in [4.69, 9.17) is 0 Å². The summed E-state index contributed by atoms with van der Waals surface area (Å²) >= 11 is 1.45. The van der Waals surface area contributed by atoms with Crippen LogP contribution >= 0.6 is 11.3 Å². The summed E-state index contributed by atoms with van der Waals surface area (Å²) in [5.74, 6) is 0.223. The Labute approximate surface area is 187 Å². The molecule has 3 amide bonds. The van der Waals surface area contributed by atoms with Crippen molar-refractivity contribution in [1.82, 2.24) is 15.1 Å². The summed E-state index contributed by atoms with van der Waals surface area (Å²) in [5, 5.41) is 5.07. The average Bonchev–Trinajstić information content (AvgIpc) is 3.44. The number of piperazine rings is 1. The summed E-state index contributed by atoms with van der Waals surface area (Å²) in [6.07, 6.45) is 3.07. The highest BCUT2D eigenvalue weighted by Gasteiger charge is 2.38. The van der Waals surface area contributed by atoms with Crippen LogP contribution in [-0.4, -0.2) is 59.2 Å². The summed E-state index contributed by atoms with van der Waals surface area (Å²) in [4.78, 5) is 41.8. The first-order valence-corrected chi connectivity index (χ1v) is 11.8. The molecule has 1 N–H and O–H groups in total. The number of carbonyl (C=O) groups excluding carboxylic acids is 3. The van der Waals surface area contributed by atoms with Gasteiger partial charge in [0.1, 0.15) is 0 Å². The summed E-state index contributed by atoms with van der Waals surface area (Å²) < 4.78 is 0. The van der Waals surface area contributed by atoms with Gasteiger partial charge in [0.05, 0.1) is 4.88 Å². The molecule has 164 valence electrons. The van der Waals surface area contributed by atoms with Crippen LogP contribution < -0.4 is 5.32 Å². The van der Waals surface area contributed by atoms with Crippen LogP contribution in [0.2, 0.25) is 0 Å². The molecule has 1 aromatic carbocycles. The highest BCUT2D eigenvalue weighted by atomic mass is 32.1. The lowest BCUT2D eigenvalue weighted by Crippen LogP contribution is -2.51. The molecule has 0 aliphatic carbocycles. The van der Waals surface area contributed by atoms with E-state index in [1.165, 1.54) is 22.5 Å². The molecule has 2 fully saturated rings. The topological polar surface area (TPSA) is 69.7 Å². The van der Waals surface area contributed by atoms with E-state index in [9.17, 15) is 14.4 Å². The number of amides is 3. The molecule has 31 heavy (non-hydrogen) atoms. The van der Waals surface area contributed by atoms with Crippen LogP contribution in [0, 0.1) is 6.92 Å². The van der Waals surface area contributed by atoms with Crippen molar-refractivity contribution in [3.8, 4) is 0 Å². The molecule has 0 bridgehead atoms. The number of carbonyl (C=O) groups is 3. The maximum atomic E-state index is 12.9. The number of rotatable bonds is 6. The van der Waals surface area contributed by atoms with E-state index in [0.29, 0.717) is 45.4 Å². The minimum Gasteiger partial charge on any atom is -0.350 e. The highest BCUT2D eigenvalue weighted by molar-refractivity contribution is 7.12. The molecule has 0 spiro atoms. The Morgan fingerprint density at radius 2 is 1.77 bits per heavy atom. The Hall–Kier alpha value is -2.67. The van der Waals surface area contributed by atoms with E-state index in [-0.39, 0.29) is 23.3 Å². The van der Waals surface area contributed by atoms with Crippen molar-refractivity contribution in [3.63, 3.8) is 0 Å². The van der Waals surface area contributed by atoms with Gasteiger partial charge < -0.3 is 15.1 Å². The third-order valence-corrected chi connectivity index (χ3v) is 7.23. The molecule has 0 saturated carbocycles. The van der Waals surface area contributed by atoms with Crippen molar-refractivity contribution in [2.24, 2.45) is 0 Å². The lowest BCUT2D eigenvalue weighted by Gasteiger charge is -2.36. The molecule has 2 aliphatic rings. The fraction of sp³-hybridized carbons (Fsp3) is 0.458. The second kappa shape index (κ2) is 9.22. The van der Waals surface area contributed by atoms with Crippen LogP contribution in [0.25, 0.3) is 0 Å². The Morgan fingerprint density at radius 1 is 1.06 bits per heavy atom. The first-order valence-electron chi connectivity index (χ1n) is 10.9. The van der Waals surface area contributed by atoms with E-state index in [1.807, 2.05) is 27.3 Å². The lowest BCUT2D eigenvalue weighted by molar-refractivity contribution is -0.133. The zero-order chi connectivity index (χ0) is 21.8. The van der Waals surface area contributed by atoms with Gasteiger partial charge in [-0.2, -0.15) is 0 Å². The van der Waals surface area contributed by atoms with Gasteiger partial charge in [-0.3, -0.25) is 14.4 Å². The Bertz CT molecular complexity index is 933. The second-order valence-corrected chi connectivity index (χ2v) is 9.59. The van der Waals surface area contributed by atoms with Gasteiger partial charge in [-0.05, 0) is 43.2 Å². The van der Waals surface area contributed by atoms with E-state index < -0.39 is 0 Å². The number of benzene rings is 1. The van der Waals surface area contributed by atoms with Crippen LogP contribution in [0.3, 0.4) is 0 Å². The van der Waals surface area contributed by atoms with Gasteiger partial charge in [0.2, 0.25) is 11.8 Å². The maximum Gasteiger partial charge on any atom is 0.264 e. The first-order chi connectivity index (χ1) is 14.9. The number of nitrogens with zero attached hydrogens (tertiary/aromatic N) is 2. The Kier molecular flexibility index (Phi) is 6.41. The molecule has 3 heterocycles. The third-order valence-electron chi connectivity index (χ3n) is 6.37. The van der Waals surface area contributed by atoms with Crippen molar-refractivity contribution in [3.05, 3.63) is 57.8 Å². The SMILES string of the molecule is Cc1ccc(CC2(CCC(=O)N3CCN(C(=O)c4cccs4)CC3)CCC(=O)N2)cc1. The number of hydrogen-bond donors (Lipinski definition) is 1. The Balaban J connectivity index is 1.32. The average molecular weight is 440 g/mol. The molecule has 1 atom stereocenters. The summed E-state index contributed by atoms with van der Waals surface area (Å²) in [6, 6.07) is 12.1. The molecule has 0 radical (unpaired) electrons. The van der Waals surface area contributed by atoms with Gasteiger partial charge in [0, 0.05) is 44.6 Å². The number of aryl methyl sites for hydroxylation is 1. The zero-order valence-electron chi connectivity index (χ0n) is 17.9. The van der Waals surface area contributed by atoms with Gasteiger partial charge >= 0.3 is 0 Å². The van der Waals surface area contributed by atoms with Gasteiger partial charge in [-0.15, -0.1) is 11.3 Å². The predicted molar refractivity (Wildman–Crippen MR) is 121 cm³/mol. The molecule has 1 unspecified atom stereocenters. The van der Waals surface area contributed by atoms with Crippen molar-refractivity contribution in [2.45, 2.75) is 44.6 Å². The van der Waals surface area contributed by atoms with Gasteiger partial charge in [0.15, 0.2) is 0 Å². The summed E-state index contributed by atoms with van der Waals surface area (Å²) in [6.45, 7) is 4.31. The van der Waals surface area contributed by atoms with E-state index in [0.717, 1.165) is 17.7 Å². The number of thiophene rings is 1. The predicted octanol–water partition coefficient (Wildman–Crippen LogP) is 3.01. The molecular formula is C24H29N3O3S. The number of nitrogens with one attached hydrogen (secondary N) is 1. The van der Waals surface area contributed by atoms with Gasteiger partial charge in [-0.1, -0.05) is 35.9 Å². The van der Waals surface area contributed by atoms with Crippen molar-refractivity contribution < 1.29 is 14.4 Å². The maximum absolute atomic E-state index is 12.9. The van der Waals surface area contributed by atoms with Crippen LogP contribution in [0.1, 0.15) is 46.5 Å². The largest absolute Gasteiger partial charge is 0.350 e. The molecule has 7 heteroatoms. The van der Waals surface area contributed by atoms with Crippen LogP contribution in [0.15, 0.2) is 41.8 Å². The van der Waals surface area contributed by atoms with Crippen LogP contribution in [0.5, 0.6) is 0 Å². The molecule has 4 rings (SSSR count). The standard InChI is InChI=1S/C24H29N3O3S/c1-18-4-6-19(7-5-18)17-24(10-8-21(28)25-24)11-9-22(29)26-12-14-27(15-13-26)23(30)20-3-2-16-31-20/h2-7,16H,8-15,17H2,1H3,(H,25,28). The third kappa shape index (κ3) is 5.15. The number of hydrogen-bond acceptors (Lipinski definition) is 4. The van der Waals surface area contributed by atoms with Crippen molar-refractivity contribution in [1.29, 1.82) is 0 Å². The quantitative estimate of drug-likeness (QED) is 0.752. The fourth-order valence-electron chi connectivity index (χ4n) is 4.50. The second-order valence-electron chi connectivity index (χ2n) is 8.64. The highest BCUT2D eigenvalue weighted by Crippen LogP contribution is 2.30. The van der Waals surface area contributed by atoms with E-state index in [1.54, 1.807) is 0 Å². The van der Waals surface area contributed by atoms with Crippen molar-refractivity contribution >= 4 is 29.1 Å². The van der Waals surface area contributed by atoms with Crippen LogP contribution in [0.4, 0.5) is 0 Å². The van der Waals surface area contributed by atoms with E-state index in [2.05, 4.69) is 36.5 Å². The smallest absolute Gasteiger partial charge is 0.264 e. The van der Waals surface area contributed by atoms with E-state index >= 15 is 0 Å². The molecular weight excluding hydrogens is 410 g/mol. The molecule has 6 nitrogen and oxygen atoms in total. The molecule has 1 aromatic heterocycles. The minimum absolute atomic E-state index is 0.0489. The van der Waals surface area contributed by atoms with Crippen molar-refractivity contribution in [2.75, 3.05) is 26.2 Å². The first kappa shape index (κ1) is 21.6. The lowest BCUT2D eigenvalue weighted by atomic mass is 9.84. The fourth-order valence-corrected chi connectivity index (χ4v) is 5.19.